The zero-order valence-electron chi connectivity index (χ0n) is 15.2. The molecule has 1 aromatic heterocycles. The normalized spacial score (nSPS) is 21.4. The maximum absolute atomic E-state index is 13.0. The van der Waals surface area contributed by atoms with Gasteiger partial charge in [-0.1, -0.05) is 6.07 Å². The van der Waals surface area contributed by atoms with Crippen molar-refractivity contribution >= 4 is 11.9 Å². The van der Waals surface area contributed by atoms with Crippen molar-refractivity contribution in [1.82, 2.24) is 9.88 Å². The molecule has 0 aliphatic carbocycles. The summed E-state index contributed by atoms with van der Waals surface area (Å²) in [4.78, 5) is 30.3. The summed E-state index contributed by atoms with van der Waals surface area (Å²) in [5.74, 6) is -0.585. The highest BCUT2D eigenvalue weighted by Crippen LogP contribution is 2.31. The molecule has 1 fully saturated rings. The van der Waals surface area contributed by atoms with Crippen LogP contribution in [0.5, 0.6) is 5.75 Å². The Labute approximate surface area is 157 Å². The number of carboxylic acid groups (broad SMARTS) is 1. The number of fused-ring (bicyclic) bond motifs is 1. The van der Waals surface area contributed by atoms with Crippen molar-refractivity contribution in [2.45, 2.75) is 32.2 Å². The van der Waals surface area contributed by atoms with Crippen LogP contribution in [0.1, 0.15) is 35.7 Å². The first-order valence-corrected chi connectivity index (χ1v) is 9.28. The van der Waals surface area contributed by atoms with Gasteiger partial charge in [0.25, 0.3) is 5.91 Å². The first-order valence-electron chi connectivity index (χ1n) is 9.28. The minimum atomic E-state index is -0.841. The highest BCUT2D eigenvalue weighted by Gasteiger charge is 2.33. The quantitative estimate of drug-likeness (QED) is 0.903. The van der Waals surface area contributed by atoms with Crippen molar-refractivity contribution < 1.29 is 19.4 Å². The molecular formula is C21H22N2O4. The summed E-state index contributed by atoms with van der Waals surface area (Å²) in [5, 5.41) is 9.30. The number of aromatic nitrogens is 1. The molecule has 1 aromatic carbocycles. The molecule has 2 aromatic rings. The van der Waals surface area contributed by atoms with Crippen LogP contribution in [0.15, 0.2) is 36.7 Å². The van der Waals surface area contributed by atoms with Crippen molar-refractivity contribution in [3.05, 3.63) is 47.8 Å². The lowest BCUT2D eigenvalue weighted by molar-refractivity contribution is -0.143. The molecule has 1 N–H and O–H groups in total. The molecule has 2 aliphatic rings. The number of ether oxygens (including phenoxy) is 1. The summed E-state index contributed by atoms with van der Waals surface area (Å²) < 4.78 is 5.55. The number of hydrogen-bond donors (Lipinski definition) is 1. The Morgan fingerprint density at radius 2 is 2.04 bits per heavy atom. The van der Waals surface area contributed by atoms with Crippen LogP contribution in [0.4, 0.5) is 0 Å². The highest BCUT2D eigenvalue weighted by atomic mass is 16.5. The van der Waals surface area contributed by atoms with E-state index in [9.17, 15) is 14.7 Å². The highest BCUT2D eigenvalue weighted by molar-refractivity contribution is 5.95. The number of pyridine rings is 1. The Balaban J connectivity index is 1.60. The molecule has 6 heteroatoms. The van der Waals surface area contributed by atoms with Gasteiger partial charge in [-0.05, 0) is 49.1 Å². The molecule has 4 rings (SSSR count). The lowest BCUT2D eigenvalue weighted by Gasteiger charge is -2.36. The molecule has 2 unspecified atom stereocenters. The lowest BCUT2D eigenvalue weighted by atomic mass is 9.93. The van der Waals surface area contributed by atoms with Crippen LogP contribution in [0, 0.1) is 5.92 Å². The van der Waals surface area contributed by atoms with Crippen LogP contribution < -0.4 is 4.74 Å². The van der Waals surface area contributed by atoms with Gasteiger partial charge in [0.05, 0.1) is 18.1 Å². The van der Waals surface area contributed by atoms with Crippen LogP contribution in [0.2, 0.25) is 0 Å². The Morgan fingerprint density at radius 1 is 1.19 bits per heavy atom. The number of carbonyl (C=O) groups excluding carboxylic acids is 1. The summed E-state index contributed by atoms with van der Waals surface area (Å²) in [6.07, 6.45) is 5.49. The van der Waals surface area contributed by atoms with Crippen LogP contribution in [0.3, 0.4) is 0 Å². The minimum absolute atomic E-state index is 0.0221. The standard InChI is InChI=1S/C21H22N2O4/c1-13-2-3-16(21(25)26)12-23(13)20(24)18-9-17(10-22-11-18)14-4-5-19-15(8-14)6-7-27-19/h4-5,8-11,13,16H,2-3,6-7,12H2,1H3,(H,25,26). The molecule has 0 saturated carbocycles. The summed E-state index contributed by atoms with van der Waals surface area (Å²) in [6.45, 7) is 2.91. The van der Waals surface area contributed by atoms with Gasteiger partial charge in [0, 0.05) is 37.0 Å². The van der Waals surface area contributed by atoms with Gasteiger partial charge in [-0.2, -0.15) is 0 Å². The molecule has 0 spiro atoms. The third-order valence-electron chi connectivity index (χ3n) is 5.50. The number of likely N-dealkylation sites (tertiary alicyclic amines) is 1. The lowest BCUT2D eigenvalue weighted by Crippen LogP contribution is -2.47. The SMILES string of the molecule is CC1CCC(C(=O)O)CN1C(=O)c1cncc(-c2ccc3c(c2)CCO3)c1. The van der Waals surface area contributed by atoms with Crippen molar-refractivity contribution in [1.29, 1.82) is 0 Å². The van der Waals surface area contributed by atoms with Gasteiger partial charge in [-0.3, -0.25) is 14.6 Å². The third kappa shape index (κ3) is 3.39. The first-order chi connectivity index (χ1) is 13.0. The topological polar surface area (TPSA) is 79.7 Å². The monoisotopic (exact) mass is 366 g/mol. The van der Waals surface area contributed by atoms with Crippen LogP contribution in [0.25, 0.3) is 11.1 Å². The predicted molar refractivity (Wildman–Crippen MR) is 99.7 cm³/mol. The van der Waals surface area contributed by atoms with Crippen LogP contribution >= 0.6 is 0 Å². The number of carbonyl (C=O) groups is 2. The van der Waals surface area contributed by atoms with E-state index < -0.39 is 11.9 Å². The van der Waals surface area contributed by atoms with E-state index in [1.165, 1.54) is 0 Å². The second-order valence-corrected chi connectivity index (χ2v) is 7.30. The maximum Gasteiger partial charge on any atom is 0.308 e. The summed E-state index contributed by atoms with van der Waals surface area (Å²) in [7, 11) is 0. The molecular weight excluding hydrogens is 344 g/mol. The smallest absolute Gasteiger partial charge is 0.308 e. The molecule has 1 saturated heterocycles. The van der Waals surface area contributed by atoms with Gasteiger partial charge in [-0.25, -0.2) is 0 Å². The Kier molecular flexibility index (Phi) is 4.56. The molecule has 6 nitrogen and oxygen atoms in total. The van der Waals surface area contributed by atoms with E-state index in [1.54, 1.807) is 17.3 Å². The van der Waals surface area contributed by atoms with E-state index in [2.05, 4.69) is 11.1 Å². The molecule has 2 atom stereocenters. The number of nitrogens with zero attached hydrogens (tertiary/aromatic N) is 2. The summed E-state index contributed by atoms with van der Waals surface area (Å²) in [6, 6.07) is 7.87. The van der Waals surface area contributed by atoms with Crippen LogP contribution in [-0.4, -0.2) is 46.1 Å². The van der Waals surface area contributed by atoms with E-state index >= 15 is 0 Å². The van der Waals surface area contributed by atoms with E-state index in [-0.39, 0.29) is 18.5 Å². The van der Waals surface area contributed by atoms with Gasteiger partial charge < -0.3 is 14.7 Å². The van der Waals surface area contributed by atoms with E-state index in [1.807, 2.05) is 25.1 Å². The molecule has 0 radical (unpaired) electrons. The fourth-order valence-corrected chi connectivity index (χ4v) is 3.84. The first kappa shape index (κ1) is 17.5. The second kappa shape index (κ2) is 7.02. The fraction of sp³-hybridized carbons (Fsp3) is 0.381. The molecule has 0 bridgehead atoms. The Hall–Kier alpha value is -2.89. The largest absolute Gasteiger partial charge is 0.493 e. The minimum Gasteiger partial charge on any atom is -0.493 e. The summed E-state index contributed by atoms with van der Waals surface area (Å²) in [5.41, 5.74) is 3.52. The number of amides is 1. The van der Waals surface area contributed by atoms with Gasteiger partial charge >= 0.3 is 5.97 Å². The van der Waals surface area contributed by atoms with Crippen LogP contribution in [-0.2, 0) is 11.2 Å². The van der Waals surface area contributed by atoms with Crippen molar-refractivity contribution in [2.75, 3.05) is 13.2 Å². The average Bonchev–Trinajstić information content (AvgIpc) is 3.15. The Bertz CT molecular complexity index is 896. The molecule has 2 aliphatic heterocycles. The van der Waals surface area contributed by atoms with Crippen molar-refractivity contribution in [3.63, 3.8) is 0 Å². The molecule has 27 heavy (non-hydrogen) atoms. The van der Waals surface area contributed by atoms with Gasteiger partial charge in [0.2, 0.25) is 0 Å². The number of aliphatic carboxylic acids is 1. The van der Waals surface area contributed by atoms with E-state index in [0.717, 1.165) is 28.9 Å². The third-order valence-corrected chi connectivity index (χ3v) is 5.50. The van der Waals surface area contributed by atoms with Crippen molar-refractivity contribution in [3.8, 4) is 16.9 Å². The second-order valence-electron chi connectivity index (χ2n) is 7.30. The van der Waals surface area contributed by atoms with E-state index in [0.29, 0.717) is 25.0 Å². The average molecular weight is 366 g/mol. The summed E-state index contributed by atoms with van der Waals surface area (Å²) >= 11 is 0. The fourth-order valence-electron chi connectivity index (χ4n) is 3.84. The number of piperidine rings is 1. The zero-order valence-corrected chi connectivity index (χ0v) is 15.2. The Morgan fingerprint density at radius 3 is 2.85 bits per heavy atom. The van der Waals surface area contributed by atoms with E-state index in [4.69, 9.17) is 4.74 Å². The predicted octanol–water partition coefficient (Wildman–Crippen LogP) is 3.01. The number of benzene rings is 1. The van der Waals surface area contributed by atoms with Crippen molar-refractivity contribution in [2.24, 2.45) is 5.92 Å². The molecule has 3 heterocycles. The number of carboxylic acids is 1. The number of hydrogen-bond acceptors (Lipinski definition) is 4. The maximum atomic E-state index is 13.0. The van der Waals surface area contributed by atoms with Gasteiger partial charge in [-0.15, -0.1) is 0 Å². The zero-order chi connectivity index (χ0) is 19.0. The van der Waals surface area contributed by atoms with Gasteiger partial charge in [0.15, 0.2) is 0 Å². The number of rotatable bonds is 3. The molecule has 140 valence electrons. The molecule has 1 amide bonds. The van der Waals surface area contributed by atoms with Gasteiger partial charge in [0.1, 0.15) is 5.75 Å².